The molecule has 3 nitrogen and oxygen atoms in total. The van der Waals surface area contributed by atoms with E-state index in [2.05, 4.69) is 15.9 Å². The van der Waals surface area contributed by atoms with Crippen molar-refractivity contribution < 1.29 is 13.0 Å². The largest absolute Gasteiger partial charge is 0.296 e. The summed E-state index contributed by atoms with van der Waals surface area (Å²) >= 11 is 4.31. The molecule has 0 aliphatic heterocycles. The highest BCUT2D eigenvalue weighted by Crippen LogP contribution is 2.30. The van der Waals surface area contributed by atoms with Crippen LogP contribution >= 0.6 is 27.3 Å². The predicted octanol–water partition coefficient (Wildman–Crippen LogP) is 2.07. The second kappa shape index (κ2) is 2.85. The van der Waals surface area contributed by atoms with E-state index in [4.69, 9.17) is 4.55 Å². The average molecular weight is 257 g/mol. The van der Waals surface area contributed by atoms with E-state index in [1.807, 2.05) is 0 Å². The Kier molecular flexibility index (Phi) is 2.38. The molecule has 11 heavy (non-hydrogen) atoms. The predicted molar refractivity (Wildman–Crippen MR) is 46.6 cm³/mol. The van der Waals surface area contributed by atoms with Gasteiger partial charge in [-0.1, -0.05) is 0 Å². The Bertz CT molecular complexity index is 365. The molecule has 1 aromatic heterocycles. The molecule has 62 valence electrons. The Morgan fingerprint density at radius 2 is 2.18 bits per heavy atom. The van der Waals surface area contributed by atoms with Crippen molar-refractivity contribution in [1.29, 1.82) is 0 Å². The van der Waals surface area contributed by atoms with Crippen LogP contribution in [0.4, 0.5) is 0 Å². The first-order valence-corrected chi connectivity index (χ1v) is 5.69. The molecule has 0 bridgehead atoms. The molecule has 6 heteroatoms. The zero-order chi connectivity index (χ0) is 8.65. The molecule has 0 aliphatic carbocycles. The average Bonchev–Trinajstić information content (AvgIpc) is 2.08. The van der Waals surface area contributed by atoms with Crippen LogP contribution < -0.4 is 0 Å². The monoisotopic (exact) mass is 256 g/mol. The third-order valence-electron chi connectivity index (χ3n) is 1.06. The number of hydrogen-bond acceptors (Lipinski definition) is 3. The summed E-state index contributed by atoms with van der Waals surface area (Å²) in [6.45, 7) is 1.77. The molecule has 0 saturated heterocycles. The van der Waals surface area contributed by atoms with Crippen molar-refractivity contribution in [1.82, 2.24) is 0 Å². The standard InChI is InChI=1S/C5H5BrO3S2/c1-3-2-4(5(6)10-3)11(7,8)9/h2H,1H3,(H,7,8,9). The molecule has 0 atom stereocenters. The van der Waals surface area contributed by atoms with Gasteiger partial charge in [-0.15, -0.1) is 11.3 Å². The van der Waals surface area contributed by atoms with Crippen LogP contribution in [-0.4, -0.2) is 13.0 Å². The molecule has 0 unspecified atom stereocenters. The molecule has 0 fully saturated rings. The normalized spacial score (nSPS) is 11.9. The molecule has 0 aromatic carbocycles. The van der Waals surface area contributed by atoms with Gasteiger partial charge in [0.25, 0.3) is 10.1 Å². The van der Waals surface area contributed by atoms with Crippen LogP contribution in [0.25, 0.3) is 0 Å². The maximum atomic E-state index is 10.6. The molecule has 1 N–H and O–H groups in total. The molecule has 1 aromatic rings. The van der Waals surface area contributed by atoms with Gasteiger partial charge in [0.15, 0.2) is 0 Å². The Labute approximate surface area is 76.9 Å². The highest BCUT2D eigenvalue weighted by atomic mass is 79.9. The van der Waals surface area contributed by atoms with E-state index in [0.717, 1.165) is 4.88 Å². The van der Waals surface area contributed by atoms with Gasteiger partial charge in [-0.05, 0) is 28.9 Å². The van der Waals surface area contributed by atoms with Crippen LogP contribution in [0.3, 0.4) is 0 Å². The van der Waals surface area contributed by atoms with Crippen molar-refractivity contribution in [3.63, 3.8) is 0 Å². The van der Waals surface area contributed by atoms with E-state index in [0.29, 0.717) is 3.79 Å². The van der Waals surface area contributed by atoms with Gasteiger partial charge in [-0.2, -0.15) is 8.42 Å². The second-order valence-corrected chi connectivity index (χ2v) is 5.93. The lowest BCUT2D eigenvalue weighted by atomic mass is 10.5. The highest BCUT2D eigenvalue weighted by molar-refractivity contribution is 9.11. The van der Waals surface area contributed by atoms with E-state index in [9.17, 15) is 8.42 Å². The number of aryl methyl sites for hydroxylation is 1. The minimum atomic E-state index is -4.05. The summed E-state index contributed by atoms with van der Waals surface area (Å²) in [6, 6.07) is 1.42. The maximum Gasteiger partial charge on any atom is 0.296 e. The first-order valence-electron chi connectivity index (χ1n) is 2.64. The van der Waals surface area contributed by atoms with E-state index in [-0.39, 0.29) is 4.90 Å². The molecular weight excluding hydrogens is 252 g/mol. The summed E-state index contributed by atoms with van der Waals surface area (Å²) in [7, 11) is -4.05. The fraction of sp³-hybridized carbons (Fsp3) is 0.200. The minimum Gasteiger partial charge on any atom is -0.282 e. The van der Waals surface area contributed by atoms with E-state index < -0.39 is 10.1 Å². The number of hydrogen-bond donors (Lipinski definition) is 1. The smallest absolute Gasteiger partial charge is 0.282 e. The van der Waals surface area contributed by atoms with Crippen molar-refractivity contribution in [3.05, 3.63) is 14.7 Å². The van der Waals surface area contributed by atoms with E-state index in [1.165, 1.54) is 17.4 Å². The zero-order valence-electron chi connectivity index (χ0n) is 5.54. The summed E-state index contributed by atoms with van der Waals surface area (Å²) in [5.74, 6) is 0. The summed E-state index contributed by atoms with van der Waals surface area (Å²) < 4.78 is 30.3. The van der Waals surface area contributed by atoms with Crippen molar-refractivity contribution in [3.8, 4) is 0 Å². The van der Waals surface area contributed by atoms with Gasteiger partial charge in [0.05, 0.1) is 3.79 Å². The second-order valence-electron chi connectivity index (χ2n) is 1.97. The minimum absolute atomic E-state index is 0.0556. The molecule has 1 rings (SSSR count). The Balaban J connectivity index is 3.36. The van der Waals surface area contributed by atoms with E-state index >= 15 is 0 Å². The Hall–Kier alpha value is 0.0900. The zero-order valence-corrected chi connectivity index (χ0v) is 8.75. The lowest BCUT2D eigenvalue weighted by Crippen LogP contribution is -1.95. The van der Waals surface area contributed by atoms with Gasteiger partial charge in [0.1, 0.15) is 4.90 Å². The molecule has 0 aliphatic rings. The third kappa shape index (κ3) is 2.02. The van der Waals surface area contributed by atoms with Crippen molar-refractivity contribution in [2.24, 2.45) is 0 Å². The van der Waals surface area contributed by atoms with Crippen molar-refractivity contribution in [2.75, 3.05) is 0 Å². The van der Waals surface area contributed by atoms with Crippen molar-refractivity contribution in [2.45, 2.75) is 11.8 Å². The number of thiophene rings is 1. The number of rotatable bonds is 1. The quantitative estimate of drug-likeness (QED) is 0.783. The van der Waals surface area contributed by atoms with Crippen LogP contribution in [0, 0.1) is 6.92 Å². The fourth-order valence-corrected chi connectivity index (χ4v) is 3.80. The first kappa shape index (κ1) is 9.18. The molecular formula is C5H5BrO3S2. The van der Waals surface area contributed by atoms with Crippen LogP contribution in [0.1, 0.15) is 4.88 Å². The van der Waals surface area contributed by atoms with Crippen LogP contribution in [0.15, 0.2) is 14.7 Å². The van der Waals surface area contributed by atoms with Gasteiger partial charge in [-0.25, -0.2) is 0 Å². The van der Waals surface area contributed by atoms with Crippen molar-refractivity contribution >= 4 is 37.4 Å². The SMILES string of the molecule is Cc1cc(S(=O)(=O)O)c(Br)s1. The lowest BCUT2D eigenvalue weighted by Gasteiger charge is -1.89. The topological polar surface area (TPSA) is 54.4 Å². The summed E-state index contributed by atoms with van der Waals surface area (Å²) in [6.07, 6.45) is 0. The summed E-state index contributed by atoms with van der Waals surface area (Å²) in [5, 5.41) is 0. The molecule has 0 amide bonds. The van der Waals surface area contributed by atoms with Gasteiger partial charge >= 0.3 is 0 Å². The summed E-state index contributed by atoms with van der Waals surface area (Å²) in [5.41, 5.74) is 0. The Morgan fingerprint density at radius 3 is 2.36 bits per heavy atom. The van der Waals surface area contributed by atoms with Gasteiger partial charge in [0, 0.05) is 4.88 Å². The first-order chi connectivity index (χ1) is 4.91. The Morgan fingerprint density at radius 1 is 1.64 bits per heavy atom. The maximum absolute atomic E-state index is 10.6. The van der Waals surface area contributed by atoms with Crippen LogP contribution in [0.2, 0.25) is 0 Å². The lowest BCUT2D eigenvalue weighted by molar-refractivity contribution is 0.483. The third-order valence-corrected chi connectivity index (χ3v) is 4.08. The van der Waals surface area contributed by atoms with Gasteiger partial charge in [0.2, 0.25) is 0 Å². The molecule has 0 saturated carbocycles. The number of halogens is 1. The molecule has 1 heterocycles. The summed E-state index contributed by atoms with van der Waals surface area (Å²) in [4.78, 5) is 0.782. The van der Waals surface area contributed by atoms with E-state index in [1.54, 1.807) is 6.92 Å². The highest BCUT2D eigenvalue weighted by Gasteiger charge is 2.16. The molecule has 0 radical (unpaired) electrons. The molecule has 0 spiro atoms. The van der Waals surface area contributed by atoms with Crippen LogP contribution in [-0.2, 0) is 10.1 Å². The van der Waals surface area contributed by atoms with Gasteiger partial charge in [-0.3, -0.25) is 4.55 Å². The van der Waals surface area contributed by atoms with Crippen LogP contribution in [0.5, 0.6) is 0 Å². The van der Waals surface area contributed by atoms with Gasteiger partial charge < -0.3 is 0 Å². The fourth-order valence-electron chi connectivity index (χ4n) is 0.638.